The highest BCUT2D eigenvalue weighted by molar-refractivity contribution is 7.16. The van der Waals surface area contributed by atoms with Gasteiger partial charge in [0.2, 0.25) is 11.7 Å². The third-order valence-electron chi connectivity index (χ3n) is 4.17. The Morgan fingerprint density at radius 2 is 2.14 bits per heavy atom. The van der Waals surface area contributed by atoms with Crippen molar-refractivity contribution in [3.05, 3.63) is 23.5 Å². The molecule has 1 amide bonds. The second kappa shape index (κ2) is 8.81. The Morgan fingerprint density at radius 3 is 2.79 bits per heavy atom. The van der Waals surface area contributed by atoms with Crippen LogP contribution in [0.3, 0.4) is 0 Å². The molecule has 1 aliphatic rings. The molecule has 0 saturated carbocycles. The fourth-order valence-electron chi connectivity index (χ4n) is 2.91. The van der Waals surface area contributed by atoms with Gasteiger partial charge in [-0.05, 0) is 13.8 Å². The van der Waals surface area contributed by atoms with Crippen LogP contribution in [0.15, 0.2) is 18.6 Å². The Hall–Kier alpha value is -2.97. The van der Waals surface area contributed by atoms with E-state index in [9.17, 15) is 10.0 Å². The summed E-state index contributed by atoms with van der Waals surface area (Å²) < 4.78 is 0.981. The lowest BCUT2D eigenvalue weighted by Crippen LogP contribution is -2.53. The third kappa shape index (κ3) is 5.05. The van der Waals surface area contributed by atoms with Crippen LogP contribution in [0.5, 0.6) is 0 Å². The zero-order valence-electron chi connectivity index (χ0n) is 15.8. The maximum atomic E-state index is 11.9. The molecule has 1 aliphatic heterocycles. The van der Waals surface area contributed by atoms with Crippen LogP contribution in [-0.2, 0) is 4.79 Å². The number of aromatic nitrogens is 3. The highest BCUT2D eigenvalue weighted by atomic mass is 32.1. The first kappa shape index (κ1) is 19.8. The quantitative estimate of drug-likeness (QED) is 0.466. The van der Waals surface area contributed by atoms with E-state index in [-0.39, 0.29) is 11.9 Å². The van der Waals surface area contributed by atoms with E-state index in [4.69, 9.17) is 5.26 Å². The minimum Gasteiger partial charge on any atom is -0.371 e. The van der Waals surface area contributed by atoms with Crippen LogP contribution in [0.2, 0.25) is 0 Å². The van der Waals surface area contributed by atoms with Crippen molar-refractivity contribution in [2.24, 2.45) is 0 Å². The predicted octanol–water partition coefficient (Wildman–Crippen LogP) is 0.325. The number of carbonyl (C=O) groups excluding carboxylic acids is 1. The van der Waals surface area contributed by atoms with Crippen molar-refractivity contribution >= 4 is 34.0 Å². The van der Waals surface area contributed by atoms with E-state index in [2.05, 4.69) is 25.5 Å². The smallest absolute Gasteiger partial charge is 0.267 e. The molecule has 10 nitrogen and oxygen atoms in total. The standard InChI is InChI=1S/C17H22N8O2S/c1-12(2)21-15(26)10-23-3-5-24(6-4-23)16-7-14(20-11-25(16)27)22-17-19-9-13(8-18)28-17/h7,9,11-12,27H,3-6,10H2,1-2H3,(H,21,26)/p+1. The second-order valence-electron chi connectivity index (χ2n) is 6.73. The molecule has 11 heteroatoms. The van der Waals surface area contributed by atoms with Gasteiger partial charge in [-0.25, -0.2) is 4.98 Å². The molecule has 28 heavy (non-hydrogen) atoms. The molecule has 3 N–H and O–H groups in total. The first-order valence-electron chi connectivity index (χ1n) is 8.95. The van der Waals surface area contributed by atoms with Crippen LogP contribution < -0.4 is 20.3 Å². The fourth-order valence-corrected chi connectivity index (χ4v) is 3.53. The van der Waals surface area contributed by atoms with Crippen LogP contribution in [0, 0.1) is 11.3 Å². The van der Waals surface area contributed by atoms with Crippen LogP contribution in [0.4, 0.5) is 16.8 Å². The highest BCUT2D eigenvalue weighted by Crippen LogP contribution is 2.22. The van der Waals surface area contributed by atoms with E-state index in [1.807, 2.05) is 24.8 Å². The molecular formula is C17H23N8O2S+. The summed E-state index contributed by atoms with van der Waals surface area (Å²) in [5, 5.41) is 25.6. The van der Waals surface area contributed by atoms with Gasteiger partial charge in [-0.15, -0.1) is 0 Å². The molecule has 1 saturated heterocycles. The number of rotatable bonds is 6. The van der Waals surface area contributed by atoms with Gasteiger partial charge in [-0.1, -0.05) is 21.1 Å². The number of hydrogen-bond acceptors (Lipinski definition) is 9. The highest BCUT2D eigenvalue weighted by Gasteiger charge is 2.26. The van der Waals surface area contributed by atoms with E-state index in [1.165, 1.54) is 23.9 Å². The summed E-state index contributed by atoms with van der Waals surface area (Å²) in [6.45, 7) is 7.04. The Bertz CT molecular complexity index is 870. The Balaban J connectivity index is 1.61. The molecule has 0 atom stereocenters. The molecule has 2 aromatic heterocycles. The summed E-state index contributed by atoms with van der Waals surface area (Å²) in [6, 6.07) is 3.91. The van der Waals surface area contributed by atoms with Crippen molar-refractivity contribution < 1.29 is 14.7 Å². The van der Waals surface area contributed by atoms with Crippen molar-refractivity contribution in [1.29, 1.82) is 5.26 Å². The van der Waals surface area contributed by atoms with E-state index in [1.54, 1.807) is 6.07 Å². The summed E-state index contributed by atoms with van der Waals surface area (Å²) >= 11 is 1.23. The van der Waals surface area contributed by atoms with Gasteiger partial charge in [0.15, 0.2) is 5.13 Å². The van der Waals surface area contributed by atoms with Crippen LogP contribution in [-0.4, -0.2) is 64.7 Å². The van der Waals surface area contributed by atoms with Crippen molar-refractivity contribution in [2.75, 3.05) is 42.9 Å². The number of amides is 1. The molecule has 0 bridgehead atoms. The number of nitrogens with zero attached hydrogens (tertiary/aromatic N) is 6. The SMILES string of the molecule is CC(C)NC(=O)CN1CCN(c2cc(Nc3ncc(C#N)s3)nc[n+]2O)CC1. The van der Waals surface area contributed by atoms with Crippen LogP contribution in [0.25, 0.3) is 0 Å². The molecule has 0 spiro atoms. The molecule has 0 radical (unpaired) electrons. The van der Waals surface area contributed by atoms with Crippen LogP contribution in [0.1, 0.15) is 18.7 Å². The van der Waals surface area contributed by atoms with E-state index >= 15 is 0 Å². The number of hydrogen-bond donors (Lipinski definition) is 3. The number of nitrogens with one attached hydrogen (secondary N) is 2. The van der Waals surface area contributed by atoms with Gasteiger partial charge in [0.05, 0.1) is 31.9 Å². The van der Waals surface area contributed by atoms with Gasteiger partial charge < -0.3 is 15.8 Å². The maximum absolute atomic E-state index is 11.9. The molecule has 0 aliphatic carbocycles. The lowest BCUT2D eigenvalue weighted by atomic mass is 10.3. The second-order valence-corrected chi connectivity index (χ2v) is 7.76. The summed E-state index contributed by atoms with van der Waals surface area (Å²) in [7, 11) is 0. The normalized spacial score (nSPS) is 14.7. The lowest BCUT2D eigenvalue weighted by Gasteiger charge is -2.32. The number of carbonyl (C=O) groups is 1. The molecule has 1 fully saturated rings. The third-order valence-corrected chi connectivity index (χ3v) is 4.99. The van der Waals surface area contributed by atoms with Crippen molar-refractivity contribution in [2.45, 2.75) is 19.9 Å². The van der Waals surface area contributed by atoms with Gasteiger partial charge >= 0.3 is 0 Å². The minimum atomic E-state index is 0.0243. The number of thiazole rings is 1. The zero-order valence-corrected chi connectivity index (χ0v) is 16.6. The van der Waals surface area contributed by atoms with Crippen LogP contribution >= 0.6 is 11.3 Å². The average Bonchev–Trinajstić information content (AvgIpc) is 3.11. The maximum Gasteiger partial charge on any atom is 0.267 e. The van der Waals surface area contributed by atoms with E-state index in [0.29, 0.717) is 54.4 Å². The van der Waals surface area contributed by atoms with Gasteiger partial charge in [-0.2, -0.15) is 5.26 Å². The predicted molar refractivity (Wildman–Crippen MR) is 104 cm³/mol. The Labute approximate surface area is 167 Å². The minimum absolute atomic E-state index is 0.0243. The molecule has 0 unspecified atom stereocenters. The number of anilines is 3. The number of nitriles is 1. The van der Waals surface area contributed by atoms with Gasteiger partial charge in [0, 0.05) is 19.1 Å². The summed E-state index contributed by atoms with van der Waals surface area (Å²) in [5.74, 6) is 1.15. The molecule has 2 aromatic rings. The molecular weight excluding hydrogens is 380 g/mol. The fraction of sp³-hybridized carbons (Fsp3) is 0.471. The van der Waals surface area contributed by atoms with Gasteiger partial charge in [0.1, 0.15) is 10.9 Å². The monoisotopic (exact) mass is 403 g/mol. The molecule has 148 valence electrons. The van der Waals surface area contributed by atoms with E-state index < -0.39 is 0 Å². The Morgan fingerprint density at radius 1 is 1.39 bits per heavy atom. The Kier molecular flexibility index (Phi) is 6.23. The average molecular weight is 403 g/mol. The number of piperazine rings is 1. The molecule has 3 rings (SSSR count). The topological polar surface area (TPSA) is 121 Å². The van der Waals surface area contributed by atoms with Gasteiger partial charge in [0.25, 0.3) is 12.1 Å². The first-order valence-corrected chi connectivity index (χ1v) is 9.77. The summed E-state index contributed by atoms with van der Waals surface area (Å²) in [5.41, 5.74) is 0. The largest absolute Gasteiger partial charge is 0.371 e. The first-order chi connectivity index (χ1) is 13.4. The molecule has 0 aromatic carbocycles. The molecule has 3 heterocycles. The lowest BCUT2D eigenvalue weighted by molar-refractivity contribution is -0.896. The zero-order chi connectivity index (χ0) is 20.1. The van der Waals surface area contributed by atoms with Gasteiger partial charge in [-0.3, -0.25) is 14.6 Å². The summed E-state index contributed by atoms with van der Waals surface area (Å²) in [6.07, 6.45) is 2.82. The van der Waals surface area contributed by atoms with E-state index in [0.717, 1.165) is 4.73 Å². The van der Waals surface area contributed by atoms with Crippen molar-refractivity contribution in [3.63, 3.8) is 0 Å². The van der Waals surface area contributed by atoms with Crippen molar-refractivity contribution in [1.82, 2.24) is 20.2 Å². The van der Waals surface area contributed by atoms with Crippen molar-refractivity contribution in [3.8, 4) is 6.07 Å². The summed E-state index contributed by atoms with van der Waals surface area (Å²) in [4.78, 5) is 24.8.